The number of esters is 1. The van der Waals surface area contributed by atoms with Crippen molar-refractivity contribution in [3.63, 3.8) is 0 Å². The number of nitrogens with one attached hydrogen (secondary N) is 1. The maximum absolute atomic E-state index is 12.8. The summed E-state index contributed by atoms with van der Waals surface area (Å²) in [5.74, 6) is 3.62. The summed E-state index contributed by atoms with van der Waals surface area (Å²) < 4.78 is 11.2. The number of hydrogen-bond donors (Lipinski definition) is 2. The summed E-state index contributed by atoms with van der Waals surface area (Å²) >= 11 is 0. The van der Waals surface area contributed by atoms with Gasteiger partial charge in [-0.25, -0.2) is 9.59 Å². The molecule has 0 saturated heterocycles. The van der Waals surface area contributed by atoms with Crippen LogP contribution in [0.4, 0.5) is 4.79 Å². The summed E-state index contributed by atoms with van der Waals surface area (Å²) in [6, 6.07) is -0.745. The zero-order chi connectivity index (χ0) is 30.3. The lowest BCUT2D eigenvalue weighted by Gasteiger charge is -2.58. The second-order valence-corrected chi connectivity index (χ2v) is 16.0. The van der Waals surface area contributed by atoms with Crippen LogP contribution >= 0.6 is 0 Å². The van der Waals surface area contributed by atoms with Crippen LogP contribution in [0.15, 0.2) is 11.6 Å². The number of allylic oxidation sites excluding steroid dienone is 1. The number of alkyl carbamates (subject to hydrolysis) is 1. The molecule has 0 aromatic heterocycles. The molecule has 3 fully saturated rings. The van der Waals surface area contributed by atoms with Crippen molar-refractivity contribution < 1.29 is 24.2 Å². The Hall–Kier alpha value is -1.56. The first-order valence-corrected chi connectivity index (χ1v) is 16.6. The number of fused-ring (bicyclic) bond motifs is 5. The highest BCUT2D eigenvalue weighted by Gasteiger charge is 2.59. The monoisotopic (exact) mass is 573 g/mol. The number of carbonyl (C=O) groups excluding carboxylic acids is 2. The fraction of sp³-hybridized carbons (Fsp3) is 0.886. The van der Waals surface area contributed by atoms with Crippen molar-refractivity contribution >= 4 is 12.1 Å². The SMILES string of the molecule is CC(C)C(O)CC[C@@H](C)[C@H]1CC[C@H]2[C@@H]3CC=C4C[C@@H](OC(=O)[C@H](C)NC(=O)OC(C)(C)C)CC[C@]4(C)[C@H]3CC[C@]12C. The fourth-order valence-electron chi connectivity index (χ4n) is 9.48. The van der Waals surface area contributed by atoms with E-state index in [0.29, 0.717) is 23.2 Å². The Morgan fingerprint density at radius 2 is 1.73 bits per heavy atom. The Morgan fingerprint density at radius 1 is 1.02 bits per heavy atom. The van der Waals surface area contributed by atoms with Gasteiger partial charge in [0.25, 0.3) is 0 Å². The van der Waals surface area contributed by atoms with E-state index in [-0.39, 0.29) is 23.6 Å². The fourth-order valence-corrected chi connectivity index (χ4v) is 9.48. The van der Waals surface area contributed by atoms with Gasteiger partial charge in [-0.1, -0.05) is 46.3 Å². The van der Waals surface area contributed by atoms with Gasteiger partial charge in [0.05, 0.1) is 6.10 Å². The van der Waals surface area contributed by atoms with Crippen molar-refractivity contribution in [3.05, 3.63) is 11.6 Å². The van der Waals surface area contributed by atoms with Crippen molar-refractivity contribution in [3.8, 4) is 0 Å². The molecule has 4 rings (SSSR count). The summed E-state index contributed by atoms with van der Waals surface area (Å²) in [5, 5.41) is 13.0. The zero-order valence-corrected chi connectivity index (χ0v) is 27.4. The molecule has 1 amide bonds. The van der Waals surface area contributed by atoms with E-state index in [1.165, 1.54) is 31.3 Å². The second kappa shape index (κ2) is 12.2. The first-order chi connectivity index (χ1) is 19.0. The first-order valence-electron chi connectivity index (χ1n) is 16.6. The largest absolute Gasteiger partial charge is 0.461 e. The summed E-state index contributed by atoms with van der Waals surface area (Å²) in [7, 11) is 0. The Labute approximate surface area is 249 Å². The molecule has 0 heterocycles. The minimum Gasteiger partial charge on any atom is -0.461 e. The number of amides is 1. The average Bonchev–Trinajstić information content (AvgIpc) is 3.23. The van der Waals surface area contributed by atoms with Gasteiger partial charge in [-0.15, -0.1) is 0 Å². The van der Waals surface area contributed by atoms with Crippen molar-refractivity contribution in [1.29, 1.82) is 0 Å². The Morgan fingerprint density at radius 3 is 2.39 bits per heavy atom. The summed E-state index contributed by atoms with van der Waals surface area (Å²) in [5.41, 5.74) is 1.48. The Bertz CT molecular complexity index is 984. The second-order valence-electron chi connectivity index (χ2n) is 16.0. The number of carbonyl (C=O) groups is 2. The van der Waals surface area contributed by atoms with E-state index >= 15 is 0 Å². The minimum absolute atomic E-state index is 0.131. The van der Waals surface area contributed by atoms with E-state index in [0.717, 1.165) is 56.3 Å². The van der Waals surface area contributed by atoms with E-state index in [2.05, 4.69) is 46.0 Å². The summed E-state index contributed by atoms with van der Waals surface area (Å²) in [6.07, 6.45) is 12.9. The maximum Gasteiger partial charge on any atom is 0.408 e. The number of hydrogen-bond acceptors (Lipinski definition) is 5. The van der Waals surface area contributed by atoms with Crippen molar-refractivity contribution in [1.82, 2.24) is 5.32 Å². The van der Waals surface area contributed by atoms with Crippen LogP contribution in [0, 0.1) is 46.3 Å². The Balaban J connectivity index is 1.36. The van der Waals surface area contributed by atoms with Crippen LogP contribution in [0.5, 0.6) is 0 Å². The smallest absolute Gasteiger partial charge is 0.408 e. The number of aliphatic hydroxyl groups is 1. The van der Waals surface area contributed by atoms with Gasteiger partial charge >= 0.3 is 12.1 Å². The van der Waals surface area contributed by atoms with E-state index in [4.69, 9.17) is 9.47 Å². The zero-order valence-electron chi connectivity index (χ0n) is 27.4. The summed E-state index contributed by atoms with van der Waals surface area (Å²) in [6.45, 7) is 18.9. The molecule has 3 saturated carbocycles. The first kappa shape index (κ1) is 32.4. The molecule has 1 unspecified atom stereocenters. The molecule has 0 spiro atoms. The van der Waals surface area contributed by atoms with Gasteiger partial charge in [0, 0.05) is 6.42 Å². The Kier molecular flexibility index (Phi) is 9.63. The van der Waals surface area contributed by atoms with Crippen LogP contribution < -0.4 is 5.32 Å². The van der Waals surface area contributed by atoms with E-state index < -0.39 is 17.7 Å². The van der Waals surface area contributed by atoms with Gasteiger partial charge in [-0.3, -0.25) is 0 Å². The van der Waals surface area contributed by atoms with E-state index in [1.807, 2.05) is 0 Å². The van der Waals surface area contributed by atoms with Crippen molar-refractivity contribution in [2.75, 3.05) is 0 Å². The van der Waals surface area contributed by atoms with E-state index in [1.54, 1.807) is 27.7 Å². The molecule has 0 radical (unpaired) electrons. The van der Waals surface area contributed by atoms with Crippen LogP contribution in [0.25, 0.3) is 0 Å². The lowest BCUT2D eigenvalue weighted by molar-refractivity contribution is -0.153. The molecule has 0 bridgehead atoms. The van der Waals surface area contributed by atoms with Gasteiger partial charge in [-0.2, -0.15) is 0 Å². The van der Waals surface area contributed by atoms with Crippen LogP contribution in [0.2, 0.25) is 0 Å². The van der Waals surface area contributed by atoms with Gasteiger partial charge in [0.2, 0.25) is 0 Å². The molecule has 10 atom stereocenters. The highest BCUT2D eigenvalue weighted by Crippen LogP contribution is 2.67. The minimum atomic E-state index is -0.745. The third kappa shape index (κ3) is 6.83. The highest BCUT2D eigenvalue weighted by molar-refractivity contribution is 5.81. The van der Waals surface area contributed by atoms with Crippen LogP contribution in [-0.2, 0) is 14.3 Å². The van der Waals surface area contributed by atoms with Crippen LogP contribution in [-0.4, -0.2) is 41.0 Å². The molecule has 234 valence electrons. The number of rotatable bonds is 8. The lowest BCUT2D eigenvalue weighted by Crippen LogP contribution is -2.51. The number of ether oxygens (including phenoxy) is 2. The van der Waals surface area contributed by atoms with Crippen LogP contribution in [0.3, 0.4) is 0 Å². The van der Waals surface area contributed by atoms with Gasteiger partial charge < -0.3 is 19.9 Å². The quantitative estimate of drug-likeness (QED) is 0.228. The van der Waals surface area contributed by atoms with Gasteiger partial charge in [0.15, 0.2) is 0 Å². The molecule has 0 aromatic carbocycles. The standard InChI is InChI=1S/C35H59NO5/c1-21(2)30(37)15-10-22(3)27-13-14-28-26-12-11-24-20-25(16-18-34(24,8)29(26)17-19-35(27,28)9)40-31(38)23(4)36-32(39)41-33(5,6)7/h11,21-23,25-30,37H,10,12-20H2,1-9H3,(H,36,39)/t22-,23+,25+,26+,27-,28+,29+,30?,34+,35-/m1/s1. The molecule has 6 nitrogen and oxygen atoms in total. The van der Waals surface area contributed by atoms with Gasteiger partial charge in [0.1, 0.15) is 17.7 Å². The molecule has 2 N–H and O–H groups in total. The number of aliphatic hydroxyl groups excluding tert-OH is 1. The highest BCUT2D eigenvalue weighted by atomic mass is 16.6. The molecule has 41 heavy (non-hydrogen) atoms. The van der Waals surface area contributed by atoms with Gasteiger partial charge in [-0.05, 0) is 132 Å². The maximum atomic E-state index is 12.8. The van der Waals surface area contributed by atoms with E-state index in [9.17, 15) is 14.7 Å². The summed E-state index contributed by atoms with van der Waals surface area (Å²) in [4.78, 5) is 24.9. The molecule has 4 aliphatic rings. The topological polar surface area (TPSA) is 84.9 Å². The normalized spacial score (nSPS) is 37.1. The van der Waals surface area contributed by atoms with Crippen molar-refractivity contribution in [2.24, 2.45) is 46.3 Å². The predicted molar refractivity (Wildman–Crippen MR) is 163 cm³/mol. The predicted octanol–water partition coefficient (Wildman–Crippen LogP) is 7.82. The lowest BCUT2D eigenvalue weighted by atomic mass is 9.47. The molecular formula is C35H59NO5. The third-order valence-electron chi connectivity index (χ3n) is 11.9. The van der Waals surface area contributed by atoms with Crippen molar-refractivity contribution in [2.45, 2.75) is 150 Å². The van der Waals surface area contributed by atoms with Crippen LogP contribution in [0.1, 0.15) is 127 Å². The molecular weight excluding hydrogens is 514 g/mol. The third-order valence-corrected chi connectivity index (χ3v) is 11.9. The molecule has 0 aromatic rings. The average molecular weight is 574 g/mol. The molecule has 0 aliphatic heterocycles. The molecule has 4 aliphatic carbocycles. The molecule has 6 heteroatoms.